The van der Waals surface area contributed by atoms with E-state index in [0.29, 0.717) is 28.4 Å². The second-order valence-electron chi connectivity index (χ2n) is 4.28. The van der Waals surface area contributed by atoms with E-state index in [-0.39, 0.29) is 11.8 Å². The number of thiophene rings is 1. The molecule has 0 aliphatic carbocycles. The van der Waals surface area contributed by atoms with E-state index in [1.54, 1.807) is 24.3 Å². The Hall–Kier alpha value is -1.65. The first-order valence-electron chi connectivity index (χ1n) is 5.86. The number of rotatable bonds is 1. The number of nitrogens with zero attached hydrogens (tertiary/aromatic N) is 1. The summed E-state index contributed by atoms with van der Waals surface area (Å²) < 4.78 is 0. The molecule has 3 rings (SSSR count). The Bertz CT molecular complexity index is 651. The number of aryl methyl sites for hydroxylation is 1. The standard InChI is InChI=1S/C14H10ClNO2S/c15-10-4-5-11-9(8-10)3-6-13(17)16(11)14(18)12-2-1-7-19-12/h1-2,4-5,7-8H,3,6H2. The largest absolute Gasteiger partial charge is 0.275 e. The summed E-state index contributed by atoms with van der Waals surface area (Å²) in [7, 11) is 0. The van der Waals surface area contributed by atoms with Crippen molar-refractivity contribution in [3.63, 3.8) is 0 Å². The molecular formula is C14H10ClNO2S. The zero-order valence-corrected chi connectivity index (χ0v) is 11.5. The molecule has 0 fully saturated rings. The third-order valence-electron chi connectivity index (χ3n) is 3.08. The lowest BCUT2D eigenvalue weighted by Crippen LogP contribution is -2.39. The summed E-state index contributed by atoms with van der Waals surface area (Å²) in [6.07, 6.45) is 0.966. The highest BCUT2D eigenvalue weighted by Crippen LogP contribution is 2.31. The number of anilines is 1. The van der Waals surface area contributed by atoms with Crippen LogP contribution in [0, 0.1) is 0 Å². The van der Waals surface area contributed by atoms with E-state index in [9.17, 15) is 9.59 Å². The summed E-state index contributed by atoms with van der Waals surface area (Å²) in [5.74, 6) is -0.420. The van der Waals surface area contributed by atoms with Gasteiger partial charge >= 0.3 is 0 Å². The summed E-state index contributed by atoms with van der Waals surface area (Å²) in [5, 5.41) is 2.45. The Balaban J connectivity index is 2.06. The molecule has 1 aromatic heterocycles. The van der Waals surface area contributed by atoms with Crippen LogP contribution in [0.1, 0.15) is 21.7 Å². The van der Waals surface area contributed by atoms with E-state index in [1.165, 1.54) is 16.2 Å². The quantitative estimate of drug-likeness (QED) is 0.754. The van der Waals surface area contributed by atoms with E-state index in [0.717, 1.165) is 5.56 Å². The van der Waals surface area contributed by atoms with Crippen LogP contribution >= 0.6 is 22.9 Å². The van der Waals surface area contributed by atoms with Crippen LogP contribution in [0.15, 0.2) is 35.7 Å². The lowest BCUT2D eigenvalue weighted by Gasteiger charge is -2.27. The maximum Gasteiger partial charge on any atom is 0.275 e. The first-order valence-corrected chi connectivity index (χ1v) is 7.12. The van der Waals surface area contributed by atoms with Gasteiger partial charge < -0.3 is 0 Å². The Morgan fingerprint density at radius 1 is 1.26 bits per heavy atom. The predicted octanol–water partition coefficient (Wildman–Crippen LogP) is 3.52. The molecule has 2 heterocycles. The Labute approximate surface area is 119 Å². The zero-order valence-electron chi connectivity index (χ0n) is 9.93. The van der Waals surface area contributed by atoms with Crippen LogP contribution in [0.3, 0.4) is 0 Å². The van der Waals surface area contributed by atoms with Crippen molar-refractivity contribution in [3.8, 4) is 0 Å². The second-order valence-corrected chi connectivity index (χ2v) is 5.67. The number of carbonyl (C=O) groups is 2. The summed E-state index contributed by atoms with van der Waals surface area (Å²) in [5.41, 5.74) is 1.59. The maximum absolute atomic E-state index is 12.4. The minimum absolute atomic E-state index is 0.159. The number of amides is 2. The molecule has 0 bridgehead atoms. The lowest BCUT2D eigenvalue weighted by molar-refractivity contribution is -0.118. The van der Waals surface area contributed by atoms with Gasteiger partial charge in [0.1, 0.15) is 0 Å². The zero-order chi connectivity index (χ0) is 13.4. The molecule has 0 spiro atoms. The molecule has 19 heavy (non-hydrogen) atoms. The van der Waals surface area contributed by atoms with Crippen molar-refractivity contribution in [2.45, 2.75) is 12.8 Å². The summed E-state index contributed by atoms with van der Waals surface area (Å²) in [4.78, 5) is 26.3. The van der Waals surface area contributed by atoms with E-state index < -0.39 is 0 Å². The summed E-state index contributed by atoms with van der Waals surface area (Å²) in [6, 6.07) is 8.78. The van der Waals surface area contributed by atoms with Gasteiger partial charge in [0, 0.05) is 11.4 Å². The van der Waals surface area contributed by atoms with Gasteiger partial charge in [-0.05, 0) is 41.6 Å². The Morgan fingerprint density at radius 2 is 2.11 bits per heavy atom. The molecule has 5 heteroatoms. The van der Waals surface area contributed by atoms with E-state index in [4.69, 9.17) is 11.6 Å². The van der Waals surface area contributed by atoms with Crippen molar-refractivity contribution in [1.82, 2.24) is 0 Å². The van der Waals surface area contributed by atoms with Crippen LogP contribution < -0.4 is 4.90 Å². The van der Waals surface area contributed by atoms with Gasteiger partial charge in [0.15, 0.2) is 0 Å². The van der Waals surface area contributed by atoms with Crippen LogP contribution in [-0.2, 0) is 11.2 Å². The van der Waals surface area contributed by atoms with E-state index >= 15 is 0 Å². The van der Waals surface area contributed by atoms with Gasteiger partial charge in [0.2, 0.25) is 5.91 Å². The first kappa shape index (κ1) is 12.4. The van der Waals surface area contributed by atoms with Crippen LogP contribution in [0.5, 0.6) is 0 Å². The molecule has 96 valence electrons. The fourth-order valence-corrected chi connectivity index (χ4v) is 3.04. The Morgan fingerprint density at radius 3 is 2.84 bits per heavy atom. The first-order chi connectivity index (χ1) is 9.16. The number of fused-ring (bicyclic) bond motifs is 1. The number of hydrogen-bond acceptors (Lipinski definition) is 3. The van der Waals surface area contributed by atoms with Crippen molar-refractivity contribution in [2.75, 3.05) is 4.90 Å². The summed E-state index contributed by atoms with van der Waals surface area (Å²) in [6.45, 7) is 0. The normalized spacial score (nSPS) is 14.4. The van der Waals surface area contributed by atoms with Crippen molar-refractivity contribution in [3.05, 3.63) is 51.2 Å². The monoisotopic (exact) mass is 291 g/mol. The highest BCUT2D eigenvalue weighted by Gasteiger charge is 2.30. The molecule has 0 saturated heterocycles. The molecule has 0 unspecified atom stereocenters. The molecule has 0 radical (unpaired) electrons. The lowest BCUT2D eigenvalue weighted by atomic mass is 10.0. The highest BCUT2D eigenvalue weighted by molar-refractivity contribution is 7.12. The SMILES string of the molecule is O=C1CCc2cc(Cl)ccc2N1C(=O)c1cccs1. The van der Waals surface area contributed by atoms with Gasteiger partial charge in [-0.3, -0.25) is 9.59 Å². The maximum atomic E-state index is 12.4. The van der Waals surface area contributed by atoms with Crippen LogP contribution in [0.2, 0.25) is 5.02 Å². The third kappa shape index (κ3) is 2.17. The van der Waals surface area contributed by atoms with Gasteiger partial charge in [0.05, 0.1) is 10.6 Å². The topological polar surface area (TPSA) is 37.4 Å². The van der Waals surface area contributed by atoms with Crippen molar-refractivity contribution < 1.29 is 9.59 Å². The van der Waals surface area contributed by atoms with Crippen LogP contribution in [-0.4, -0.2) is 11.8 Å². The molecule has 2 aromatic rings. The molecule has 3 nitrogen and oxygen atoms in total. The van der Waals surface area contributed by atoms with Gasteiger partial charge in [-0.2, -0.15) is 0 Å². The van der Waals surface area contributed by atoms with Crippen molar-refractivity contribution in [1.29, 1.82) is 0 Å². The third-order valence-corrected chi connectivity index (χ3v) is 4.17. The van der Waals surface area contributed by atoms with Crippen LogP contribution in [0.25, 0.3) is 0 Å². The molecule has 1 aliphatic heterocycles. The fraction of sp³-hybridized carbons (Fsp3) is 0.143. The molecule has 0 saturated carbocycles. The number of benzene rings is 1. The molecule has 1 aromatic carbocycles. The van der Waals surface area contributed by atoms with E-state index in [1.807, 2.05) is 11.4 Å². The van der Waals surface area contributed by atoms with E-state index in [2.05, 4.69) is 0 Å². The average molecular weight is 292 g/mol. The highest BCUT2D eigenvalue weighted by atomic mass is 35.5. The number of imide groups is 1. The van der Waals surface area contributed by atoms with Gasteiger partial charge in [-0.15, -0.1) is 11.3 Å². The van der Waals surface area contributed by atoms with Gasteiger partial charge in [-0.25, -0.2) is 4.90 Å². The van der Waals surface area contributed by atoms with Gasteiger partial charge in [0.25, 0.3) is 5.91 Å². The number of carbonyl (C=O) groups excluding carboxylic acids is 2. The predicted molar refractivity (Wildman–Crippen MR) is 75.9 cm³/mol. The average Bonchev–Trinajstić information content (AvgIpc) is 2.92. The molecule has 1 aliphatic rings. The summed E-state index contributed by atoms with van der Waals surface area (Å²) >= 11 is 7.29. The van der Waals surface area contributed by atoms with Crippen molar-refractivity contribution in [2.24, 2.45) is 0 Å². The smallest absolute Gasteiger partial charge is 0.274 e. The number of halogens is 1. The molecular weight excluding hydrogens is 282 g/mol. The minimum Gasteiger partial charge on any atom is -0.274 e. The van der Waals surface area contributed by atoms with Crippen LogP contribution in [0.4, 0.5) is 5.69 Å². The molecule has 0 N–H and O–H groups in total. The fourth-order valence-electron chi connectivity index (χ4n) is 2.19. The van der Waals surface area contributed by atoms with Gasteiger partial charge in [-0.1, -0.05) is 17.7 Å². The molecule has 0 atom stereocenters. The minimum atomic E-state index is -0.261. The Kier molecular flexibility index (Phi) is 3.12. The molecule has 2 amide bonds. The second kappa shape index (κ2) is 4.79. The van der Waals surface area contributed by atoms with Crippen molar-refractivity contribution >= 4 is 40.4 Å². The number of hydrogen-bond donors (Lipinski definition) is 0.